The lowest BCUT2D eigenvalue weighted by atomic mass is 9.77. The molecule has 19 heavy (non-hydrogen) atoms. The average molecular weight is 262 g/mol. The van der Waals surface area contributed by atoms with E-state index in [1.54, 1.807) is 7.11 Å². The second-order valence-electron chi connectivity index (χ2n) is 5.14. The fourth-order valence-corrected chi connectivity index (χ4v) is 3.12. The van der Waals surface area contributed by atoms with Crippen molar-refractivity contribution in [1.82, 2.24) is 5.43 Å². The van der Waals surface area contributed by atoms with Crippen LogP contribution in [0.1, 0.15) is 43.7 Å². The molecule has 0 heterocycles. The van der Waals surface area contributed by atoms with Crippen molar-refractivity contribution in [2.45, 2.75) is 44.4 Å². The van der Waals surface area contributed by atoms with E-state index in [9.17, 15) is 4.79 Å². The fraction of sp³-hybridized carbons (Fsp3) is 0.533. The molecule has 0 bridgehead atoms. The van der Waals surface area contributed by atoms with Gasteiger partial charge in [-0.25, -0.2) is 5.84 Å². The van der Waals surface area contributed by atoms with E-state index in [4.69, 9.17) is 10.6 Å². The zero-order chi connectivity index (χ0) is 13.9. The molecule has 1 aromatic rings. The molecule has 1 saturated carbocycles. The predicted molar refractivity (Wildman–Crippen MR) is 74.8 cm³/mol. The Kier molecular flexibility index (Phi) is 4.10. The molecule has 1 fully saturated rings. The maximum Gasteiger partial charge on any atom is 0.244 e. The van der Waals surface area contributed by atoms with E-state index in [2.05, 4.69) is 18.4 Å². The largest absolute Gasteiger partial charge is 0.496 e. The van der Waals surface area contributed by atoms with Crippen molar-refractivity contribution in [1.29, 1.82) is 0 Å². The molecule has 1 aliphatic carbocycles. The van der Waals surface area contributed by atoms with Gasteiger partial charge in [0.1, 0.15) is 5.75 Å². The summed E-state index contributed by atoms with van der Waals surface area (Å²) in [6, 6.07) is 6.05. The molecule has 1 aliphatic rings. The summed E-state index contributed by atoms with van der Waals surface area (Å²) >= 11 is 0. The Morgan fingerprint density at radius 2 is 2.11 bits per heavy atom. The van der Waals surface area contributed by atoms with Crippen LogP contribution in [-0.2, 0) is 16.6 Å². The van der Waals surface area contributed by atoms with Crippen LogP contribution in [0.25, 0.3) is 0 Å². The van der Waals surface area contributed by atoms with Crippen LogP contribution in [-0.4, -0.2) is 13.0 Å². The first-order chi connectivity index (χ1) is 9.17. The summed E-state index contributed by atoms with van der Waals surface area (Å²) in [6.07, 6.45) is 4.76. The maximum atomic E-state index is 12.2. The Hall–Kier alpha value is -1.55. The molecule has 1 aromatic carbocycles. The minimum Gasteiger partial charge on any atom is -0.496 e. The van der Waals surface area contributed by atoms with E-state index in [0.717, 1.165) is 49.0 Å². The van der Waals surface area contributed by atoms with Crippen LogP contribution in [0.4, 0.5) is 0 Å². The predicted octanol–water partition coefficient (Wildman–Crippen LogP) is 2.06. The quantitative estimate of drug-likeness (QED) is 0.496. The number of hydrogen-bond donors (Lipinski definition) is 2. The molecule has 104 valence electrons. The van der Waals surface area contributed by atoms with Crippen LogP contribution in [0.3, 0.4) is 0 Å². The van der Waals surface area contributed by atoms with Crippen molar-refractivity contribution in [2.75, 3.05) is 7.11 Å². The van der Waals surface area contributed by atoms with Crippen LogP contribution in [0, 0.1) is 0 Å². The van der Waals surface area contributed by atoms with E-state index in [0.29, 0.717) is 0 Å². The third-order valence-corrected chi connectivity index (χ3v) is 4.24. The van der Waals surface area contributed by atoms with Crippen LogP contribution in [0.5, 0.6) is 5.75 Å². The van der Waals surface area contributed by atoms with Gasteiger partial charge in [0.2, 0.25) is 5.91 Å². The van der Waals surface area contributed by atoms with E-state index in [-0.39, 0.29) is 5.91 Å². The fourth-order valence-electron chi connectivity index (χ4n) is 3.12. The molecule has 0 unspecified atom stereocenters. The number of benzene rings is 1. The number of carbonyl (C=O) groups excluding carboxylic acids is 1. The summed E-state index contributed by atoms with van der Waals surface area (Å²) in [7, 11) is 1.67. The lowest BCUT2D eigenvalue weighted by molar-refractivity contribution is -0.126. The summed E-state index contributed by atoms with van der Waals surface area (Å²) in [4.78, 5) is 12.2. The first-order valence-electron chi connectivity index (χ1n) is 6.86. The van der Waals surface area contributed by atoms with Gasteiger partial charge >= 0.3 is 0 Å². The summed E-state index contributed by atoms with van der Waals surface area (Å²) in [5.74, 6) is 6.19. The number of aryl methyl sites for hydroxylation is 1. The van der Waals surface area contributed by atoms with Gasteiger partial charge < -0.3 is 4.74 Å². The zero-order valence-corrected chi connectivity index (χ0v) is 11.7. The highest BCUT2D eigenvalue weighted by Crippen LogP contribution is 2.42. The Balaban J connectivity index is 2.46. The third kappa shape index (κ3) is 2.32. The van der Waals surface area contributed by atoms with Gasteiger partial charge in [-0.3, -0.25) is 10.2 Å². The SMILES string of the molecule is CCc1cc(C2(C(=O)NN)CCCC2)ccc1OC. The minimum absolute atomic E-state index is 0.0720. The molecule has 1 amide bonds. The molecule has 4 heteroatoms. The highest BCUT2D eigenvalue weighted by atomic mass is 16.5. The molecule has 0 spiro atoms. The summed E-state index contributed by atoms with van der Waals surface area (Å²) in [5, 5.41) is 0. The van der Waals surface area contributed by atoms with E-state index < -0.39 is 5.41 Å². The van der Waals surface area contributed by atoms with Crippen molar-refractivity contribution in [3.8, 4) is 5.75 Å². The summed E-state index contributed by atoms with van der Waals surface area (Å²) in [6.45, 7) is 2.09. The van der Waals surface area contributed by atoms with Gasteiger partial charge in [-0.15, -0.1) is 0 Å². The molecule has 3 N–H and O–H groups in total. The zero-order valence-electron chi connectivity index (χ0n) is 11.7. The van der Waals surface area contributed by atoms with Gasteiger partial charge in [0.25, 0.3) is 0 Å². The second-order valence-corrected chi connectivity index (χ2v) is 5.14. The lowest BCUT2D eigenvalue weighted by Gasteiger charge is -2.28. The van der Waals surface area contributed by atoms with Gasteiger partial charge in [0.15, 0.2) is 0 Å². The van der Waals surface area contributed by atoms with Crippen LogP contribution < -0.4 is 16.0 Å². The smallest absolute Gasteiger partial charge is 0.244 e. The number of methoxy groups -OCH3 is 1. The Morgan fingerprint density at radius 3 is 2.63 bits per heavy atom. The molecule has 2 rings (SSSR count). The molecular weight excluding hydrogens is 240 g/mol. The number of hydrazine groups is 1. The first-order valence-corrected chi connectivity index (χ1v) is 6.86. The topological polar surface area (TPSA) is 64.4 Å². The Morgan fingerprint density at radius 1 is 1.42 bits per heavy atom. The Bertz CT molecular complexity index is 465. The summed E-state index contributed by atoms with van der Waals surface area (Å²) in [5.41, 5.74) is 4.08. The molecule has 0 radical (unpaired) electrons. The highest BCUT2D eigenvalue weighted by molar-refractivity contribution is 5.88. The number of rotatable bonds is 4. The van der Waals surface area contributed by atoms with Crippen molar-refractivity contribution in [3.63, 3.8) is 0 Å². The van der Waals surface area contributed by atoms with Crippen molar-refractivity contribution in [3.05, 3.63) is 29.3 Å². The monoisotopic (exact) mass is 262 g/mol. The average Bonchev–Trinajstić information content (AvgIpc) is 2.96. The molecule has 0 saturated heterocycles. The second kappa shape index (κ2) is 5.61. The Labute approximate surface area is 114 Å². The molecule has 4 nitrogen and oxygen atoms in total. The van der Waals surface area contributed by atoms with Crippen LogP contribution in [0.15, 0.2) is 18.2 Å². The summed E-state index contributed by atoms with van der Waals surface area (Å²) < 4.78 is 5.35. The number of carbonyl (C=O) groups is 1. The van der Waals surface area contributed by atoms with Crippen LogP contribution in [0.2, 0.25) is 0 Å². The third-order valence-electron chi connectivity index (χ3n) is 4.24. The number of amides is 1. The van der Waals surface area contributed by atoms with E-state index in [1.165, 1.54) is 0 Å². The van der Waals surface area contributed by atoms with E-state index in [1.807, 2.05) is 12.1 Å². The van der Waals surface area contributed by atoms with Gasteiger partial charge in [0.05, 0.1) is 12.5 Å². The van der Waals surface area contributed by atoms with Gasteiger partial charge in [-0.05, 0) is 36.5 Å². The molecular formula is C15H22N2O2. The van der Waals surface area contributed by atoms with Gasteiger partial charge in [0, 0.05) is 0 Å². The van der Waals surface area contributed by atoms with Crippen molar-refractivity contribution >= 4 is 5.91 Å². The van der Waals surface area contributed by atoms with Gasteiger partial charge in [-0.1, -0.05) is 31.9 Å². The van der Waals surface area contributed by atoms with Crippen molar-refractivity contribution in [2.24, 2.45) is 5.84 Å². The highest BCUT2D eigenvalue weighted by Gasteiger charge is 2.42. The first kappa shape index (κ1) is 13.9. The van der Waals surface area contributed by atoms with Gasteiger partial charge in [-0.2, -0.15) is 0 Å². The minimum atomic E-state index is -0.453. The van der Waals surface area contributed by atoms with Crippen molar-refractivity contribution < 1.29 is 9.53 Å². The molecule has 0 aliphatic heterocycles. The number of ether oxygens (including phenoxy) is 1. The number of nitrogens with two attached hydrogens (primary N) is 1. The lowest BCUT2D eigenvalue weighted by Crippen LogP contribution is -2.45. The maximum absolute atomic E-state index is 12.2. The number of hydrogen-bond acceptors (Lipinski definition) is 3. The standard InChI is InChI=1S/C15H22N2O2/c1-3-11-10-12(6-7-13(11)19-2)15(14(18)17-16)8-4-5-9-15/h6-7,10H,3-5,8-9,16H2,1-2H3,(H,17,18). The molecule has 0 aromatic heterocycles. The van der Waals surface area contributed by atoms with E-state index >= 15 is 0 Å². The molecule has 0 atom stereocenters. The van der Waals surface area contributed by atoms with Crippen LogP contribution >= 0.6 is 0 Å². The number of nitrogens with one attached hydrogen (secondary N) is 1. The normalized spacial score (nSPS) is 17.2.